The highest BCUT2D eigenvalue weighted by Crippen LogP contribution is 2.36. The Morgan fingerprint density at radius 2 is 1.93 bits per heavy atom. The first kappa shape index (κ1) is 21.2. The maximum absolute atomic E-state index is 13.0. The summed E-state index contributed by atoms with van der Waals surface area (Å²) >= 11 is 0. The van der Waals surface area contributed by atoms with Crippen molar-refractivity contribution in [3.05, 3.63) is 47.8 Å². The highest BCUT2D eigenvalue weighted by Gasteiger charge is 2.43. The van der Waals surface area contributed by atoms with E-state index in [9.17, 15) is 23.4 Å². The molecule has 0 aliphatic heterocycles. The molecule has 3 N–H and O–H groups in total. The molecule has 1 aromatic carbocycles. The summed E-state index contributed by atoms with van der Waals surface area (Å²) in [6.07, 6.45) is 1.08. The molecule has 30 heavy (non-hydrogen) atoms. The zero-order valence-electron chi connectivity index (χ0n) is 16.5. The average Bonchev–Trinajstić information content (AvgIpc) is 2.98. The molecule has 0 radical (unpaired) electrons. The van der Waals surface area contributed by atoms with Gasteiger partial charge in [0.1, 0.15) is 0 Å². The molecule has 0 saturated heterocycles. The number of nitrogens with zero attached hydrogens (tertiary/aromatic N) is 2. The van der Waals surface area contributed by atoms with Crippen LogP contribution in [0.4, 0.5) is 13.2 Å². The highest BCUT2D eigenvalue weighted by molar-refractivity contribution is 5.56. The molecule has 0 amide bonds. The van der Waals surface area contributed by atoms with Crippen molar-refractivity contribution in [2.75, 3.05) is 6.61 Å². The van der Waals surface area contributed by atoms with E-state index in [0.717, 1.165) is 25.0 Å². The normalized spacial score (nSPS) is 27.2. The Hall–Kier alpha value is -2.03. The first-order chi connectivity index (χ1) is 14.3. The lowest BCUT2D eigenvalue weighted by atomic mass is 9.86. The number of nitrogens with one attached hydrogen (secondary N) is 1. The van der Waals surface area contributed by atoms with E-state index < -0.39 is 17.8 Å². The minimum atomic E-state index is -4.43. The minimum Gasteiger partial charge on any atom is -0.396 e. The molecule has 1 heterocycles. The van der Waals surface area contributed by atoms with Crippen molar-refractivity contribution in [2.45, 2.75) is 56.5 Å². The molecule has 2 saturated carbocycles. The summed E-state index contributed by atoms with van der Waals surface area (Å²) in [7, 11) is 0. The molecule has 2 aromatic rings. The van der Waals surface area contributed by atoms with Crippen LogP contribution in [0.3, 0.4) is 0 Å². The Labute approximate surface area is 173 Å². The maximum Gasteiger partial charge on any atom is 0.416 e. The SMILES string of the molecule is OCC1C(O)CC(NC2CCC2)C1Cc1ccnc(-c2cccc(C(F)(F)F)c2)n1. The summed E-state index contributed by atoms with van der Waals surface area (Å²) in [6.45, 7) is -0.111. The van der Waals surface area contributed by atoms with Crippen LogP contribution in [0.5, 0.6) is 0 Å². The van der Waals surface area contributed by atoms with Crippen LogP contribution in [0.25, 0.3) is 11.4 Å². The summed E-state index contributed by atoms with van der Waals surface area (Å²) in [5.74, 6) is -0.0226. The van der Waals surface area contributed by atoms with E-state index in [1.54, 1.807) is 18.3 Å². The van der Waals surface area contributed by atoms with Crippen LogP contribution in [0.1, 0.15) is 36.9 Å². The number of aliphatic hydroxyl groups excluding tert-OH is 2. The number of hydrogen-bond donors (Lipinski definition) is 3. The summed E-state index contributed by atoms with van der Waals surface area (Å²) in [5.41, 5.74) is 0.259. The lowest BCUT2D eigenvalue weighted by Crippen LogP contribution is -2.45. The topological polar surface area (TPSA) is 78.3 Å². The van der Waals surface area contributed by atoms with Gasteiger partial charge in [0.15, 0.2) is 5.82 Å². The number of aliphatic hydroxyl groups is 2. The van der Waals surface area contributed by atoms with Crippen molar-refractivity contribution in [3.8, 4) is 11.4 Å². The van der Waals surface area contributed by atoms with E-state index >= 15 is 0 Å². The summed E-state index contributed by atoms with van der Waals surface area (Å²) in [6, 6.07) is 7.26. The van der Waals surface area contributed by atoms with E-state index in [1.165, 1.54) is 12.5 Å². The third-order valence-corrected chi connectivity index (χ3v) is 6.43. The van der Waals surface area contributed by atoms with Crippen molar-refractivity contribution in [1.29, 1.82) is 0 Å². The van der Waals surface area contributed by atoms with Crippen LogP contribution < -0.4 is 5.32 Å². The van der Waals surface area contributed by atoms with Crippen LogP contribution in [0.2, 0.25) is 0 Å². The predicted molar refractivity (Wildman–Crippen MR) is 105 cm³/mol. The third kappa shape index (κ3) is 4.50. The molecular formula is C22H26F3N3O2. The minimum absolute atomic E-state index is 0.00476. The number of alkyl halides is 3. The van der Waals surface area contributed by atoms with Crippen LogP contribution in [-0.2, 0) is 12.6 Å². The second kappa shape index (κ2) is 8.61. The number of halogens is 3. The quantitative estimate of drug-likeness (QED) is 0.668. The van der Waals surface area contributed by atoms with E-state index in [2.05, 4.69) is 15.3 Å². The molecule has 2 aliphatic rings. The van der Waals surface area contributed by atoms with Crippen molar-refractivity contribution >= 4 is 0 Å². The van der Waals surface area contributed by atoms with Crippen molar-refractivity contribution in [3.63, 3.8) is 0 Å². The lowest BCUT2D eigenvalue weighted by molar-refractivity contribution is -0.137. The molecule has 4 atom stereocenters. The molecule has 4 unspecified atom stereocenters. The van der Waals surface area contributed by atoms with Crippen molar-refractivity contribution in [2.24, 2.45) is 11.8 Å². The second-order valence-corrected chi connectivity index (χ2v) is 8.37. The van der Waals surface area contributed by atoms with Crippen LogP contribution in [0.15, 0.2) is 36.5 Å². The standard InChI is InChI=1S/C22H26F3N3O2/c23-22(24,25)14-4-1-3-13(9-14)21-26-8-7-16(28-21)10-17-18(12-29)20(30)11-19(17)27-15-5-2-6-15/h1,3-4,7-9,15,17-20,27,29-30H,2,5-6,10-12H2. The second-order valence-electron chi connectivity index (χ2n) is 8.37. The fourth-order valence-corrected chi connectivity index (χ4v) is 4.54. The van der Waals surface area contributed by atoms with Gasteiger partial charge in [-0.3, -0.25) is 0 Å². The van der Waals surface area contributed by atoms with Gasteiger partial charge in [-0.25, -0.2) is 9.97 Å². The van der Waals surface area contributed by atoms with Crippen molar-refractivity contribution in [1.82, 2.24) is 15.3 Å². The van der Waals surface area contributed by atoms with Crippen LogP contribution in [0, 0.1) is 11.8 Å². The predicted octanol–water partition coefficient (Wildman–Crippen LogP) is 3.20. The Bertz CT molecular complexity index is 873. The third-order valence-electron chi connectivity index (χ3n) is 6.43. The molecule has 2 aliphatic carbocycles. The van der Waals surface area contributed by atoms with E-state index in [0.29, 0.717) is 30.1 Å². The van der Waals surface area contributed by atoms with Gasteiger partial charge >= 0.3 is 6.18 Å². The van der Waals surface area contributed by atoms with Crippen LogP contribution >= 0.6 is 0 Å². The Morgan fingerprint density at radius 3 is 2.60 bits per heavy atom. The van der Waals surface area contributed by atoms with Gasteiger partial charge < -0.3 is 15.5 Å². The largest absolute Gasteiger partial charge is 0.416 e. The van der Waals surface area contributed by atoms with Gasteiger partial charge in [-0.2, -0.15) is 13.2 Å². The Morgan fingerprint density at radius 1 is 1.13 bits per heavy atom. The first-order valence-corrected chi connectivity index (χ1v) is 10.4. The molecule has 0 bridgehead atoms. The summed E-state index contributed by atoms with van der Waals surface area (Å²) < 4.78 is 39.1. The number of benzene rings is 1. The smallest absolute Gasteiger partial charge is 0.396 e. The summed E-state index contributed by atoms with van der Waals surface area (Å²) in [4.78, 5) is 8.66. The molecule has 4 rings (SSSR count). The zero-order valence-corrected chi connectivity index (χ0v) is 16.5. The maximum atomic E-state index is 13.0. The highest BCUT2D eigenvalue weighted by atomic mass is 19.4. The molecule has 5 nitrogen and oxygen atoms in total. The molecule has 2 fully saturated rings. The average molecular weight is 421 g/mol. The van der Waals surface area contributed by atoms with Crippen LogP contribution in [-0.4, -0.2) is 45.0 Å². The molecule has 0 spiro atoms. The summed E-state index contributed by atoms with van der Waals surface area (Å²) in [5, 5.41) is 23.8. The Kier molecular flexibility index (Phi) is 6.09. The van der Waals surface area contributed by atoms with Gasteiger partial charge in [-0.05, 0) is 49.8 Å². The number of rotatable bonds is 6. The molecule has 1 aromatic heterocycles. The first-order valence-electron chi connectivity index (χ1n) is 10.4. The Balaban J connectivity index is 1.55. The fraction of sp³-hybridized carbons (Fsp3) is 0.545. The van der Waals surface area contributed by atoms with E-state index in [4.69, 9.17) is 0 Å². The zero-order chi connectivity index (χ0) is 21.3. The molecule has 8 heteroatoms. The van der Waals surface area contributed by atoms with Crippen molar-refractivity contribution < 1.29 is 23.4 Å². The van der Waals surface area contributed by atoms with Gasteiger partial charge in [-0.1, -0.05) is 18.6 Å². The van der Waals surface area contributed by atoms with Gasteiger partial charge in [-0.15, -0.1) is 0 Å². The molecule has 162 valence electrons. The number of hydrogen-bond acceptors (Lipinski definition) is 5. The fourth-order valence-electron chi connectivity index (χ4n) is 4.54. The number of aromatic nitrogens is 2. The monoisotopic (exact) mass is 421 g/mol. The van der Waals surface area contributed by atoms with Gasteiger partial charge in [0.05, 0.1) is 11.7 Å². The van der Waals surface area contributed by atoms with Gasteiger partial charge in [0.25, 0.3) is 0 Å². The van der Waals surface area contributed by atoms with Gasteiger partial charge in [0, 0.05) is 42.1 Å². The van der Waals surface area contributed by atoms with E-state index in [-0.39, 0.29) is 30.3 Å². The van der Waals surface area contributed by atoms with E-state index in [1.807, 2.05) is 0 Å². The lowest BCUT2D eigenvalue weighted by Gasteiger charge is -2.33. The molecular weight excluding hydrogens is 395 g/mol. The van der Waals surface area contributed by atoms with Gasteiger partial charge in [0.2, 0.25) is 0 Å².